The minimum absolute atomic E-state index is 0.0547. The molecule has 1 aromatic carbocycles. The van der Waals surface area contributed by atoms with Gasteiger partial charge in [-0.05, 0) is 75.7 Å². The van der Waals surface area contributed by atoms with E-state index in [1.807, 2.05) is 4.90 Å². The van der Waals surface area contributed by atoms with E-state index in [1.165, 1.54) is 18.2 Å². The highest BCUT2D eigenvalue weighted by molar-refractivity contribution is 5.89. The Hall–Kier alpha value is -1.73. The van der Waals surface area contributed by atoms with Crippen molar-refractivity contribution in [3.05, 3.63) is 29.6 Å². The smallest absolute Gasteiger partial charge is 0.322 e. The molecule has 31 heavy (non-hydrogen) atoms. The Morgan fingerprint density at radius 1 is 1.29 bits per heavy atom. The van der Waals surface area contributed by atoms with Gasteiger partial charge in [-0.3, -0.25) is 0 Å². The van der Waals surface area contributed by atoms with Crippen molar-refractivity contribution < 1.29 is 18.7 Å². The van der Waals surface area contributed by atoms with Crippen LogP contribution in [0.5, 0.6) is 0 Å². The van der Waals surface area contributed by atoms with Crippen LogP contribution in [0.1, 0.15) is 58.9 Å². The first kappa shape index (κ1) is 25.5. The average Bonchev–Trinajstić information content (AvgIpc) is 2.72. The molecule has 1 aliphatic carbocycles. The van der Waals surface area contributed by atoms with Gasteiger partial charge in [-0.2, -0.15) is 0 Å². The van der Waals surface area contributed by atoms with Crippen molar-refractivity contribution in [3.63, 3.8) is 0 Å². The Bertz CT molecular complexity index is 701. The van der Waals surface area contributed by atoms with Crippen molar-refractivity contribution in [3.8, 4) is 0 Å². The molecule has 0 aromatic heterocycles. The van der Waals surface area contributed by atoms with Crippen LogP contribution < -0.4 is 5.32 Å². The number of amides is 2. The molecule has 5 nitrogen and oxygen atoms in total. The number of rotatable bonds is 10. The topological polar surface area (TPSA) is 55.8 Å². The predicted molar refractivity (Wildman–Crippen MR) is 121 cm³/mol. The lowest BCUT2D eigenvalue weighted by Gasteiger charge is -2.41. The van der Waals surface area contributed by atoms with Crippen LogP contribution in [0.4, 0.5) is 19.3 Å². The van der Waals surface area contributed by atoms with E-state index in [-0.39, 0.29) is 23.7 Å². The first-order valence-corrected chi connectivity index (χ1v) is 11.6. The number of carbonyl (C=O) groups excluding carboxylic acids is 1. The van der Waals surface area contributed by atoms with E-state index in [0.717, 1.165) is 38.8 Å². The molecule has 176 valence electrons. The van der Waals surface area contributed by atoms with Crippen molar-refractivity contribution in [1.82, 2.24) is 9.80 Å². The number of nitrogens with zero attached hydrogens (tertiary/aromatic N) is 2. The number of halogens is 2. The zero-order chi connectivity index (χ0) is 23.0. The number of aliphatic hydroxyl groups excluding tert-OH is 1. The van der Waals surface area contributed by atoms with Crippen LogP contribution in [0.2, 0.25) is 0 Å². The van der Waals surface area contributed by atoms with Gasteiger partial charge in [-0.15, -0.1) is 0 Å². The van der Waals surface area contributed by atoms with Crippen LogP contribution in [0, 0.1) is 17.7 Å². The average molecular weight is 440 g/mol. The van der Waals surface area contributed by atoms with Gasteiger partial charge in [-0.1, -0.05) is 20.8 Å². The number of aliphatic hydroxyl groups is 1. The lowest BCUT2D eigenvalue weighted by molar-refractivity contribution is 0.105. The van der Waals surface area contributed by atoms with Gasteiger partial charge in [0, 0.05) is 30.4 Å². The predicted octanol–water partition coefficient (Wildman–Crippen LogP) is 5.05. The zero-order valence-electron chi connectivity index (χ0n) is 19.4. The van der Waals surface area contributed by atoms with Crippen LogP contribution in [0.15, 0.2) is 18.2 Å². The van der Waals surface area contributed by atoms with E-state index in [1.54, 1.807) is 6.92 Å². The summed E-state index contributed by atoms with van der Waals surface area (Å²) in [5.74, 6) is 0.441. The minimum Gasteiger partial charge on any atom is -0.392 e. The van der Waals surface area contributed by atoms with Gasteiger partial charge >= 0.3 is 6.03 Å². The summed E-state index contributed by atoms with van der Waals surface area (Å²) in [6, 6.07) is 3.94. The van der Waals surface area contributed by atoms with Gasteiger partial charge in [0.1, 0.15) is 12.5 Å². The zero-order valence-corrected chi connectivity index (χ0v) is 19.4. The Morgan fingerprint density at radius 2 is 2.03 bits per heavy atom. The monoisotopic (exact) mass is 439 g/mol. The maximum absolute atomic E-state index is 13.6. The third-order valence-electron chi connectivity index (χ3n) is 6.33. The SMILES string of the molecule is CCN(CCCN(C(=O)Nc1ccc(F)c(CF)c1)C1CCC(C)CC1C)CC(C)O. The summed E-state index contributed by atoms with van der Waals surface area (Å²) in [6.07, 6.45) is 3.54. The number of alkyl halides is 1. The van der Waals surface area contributed by atoms with Crippen molar-refractivity contribution in [1.29, 1.82) is 0 Å². The van der Waals surface area contributed by atoms with Crippen LogP contribution in [0.25, 0.3) is 0 Å². The molecule has 4 atom stereocenters. The summed E-state index contributed by atoms with van der Waals surface area (Å²) < 4.78 is 26.6. The highest BCUT2D eigenvalue weighted by atomic mass is 19.1. The van der Waals surface area contributed by atoms with Crippen LogP contribution in [-0.4, -0.2) is 59.3 Å². The molecule has 0 saturated heterocycles. The Balaban J connectivity index is 2.10. The number of urea groups is 1. The molecule has 0 spiro atoms. The summed E-state index contributed by atoms with van der Waals surface area (Å²) in [5.41, 5.74) is 0.353. The fourth-order valence-electron chi connectivity index (χ4n) is 4.70. The highest BCUT2D eigenvalue weighted by Crippen LogP contribution is 2.32. The lowest BCUT2D eigenvalue weighted by Crippen LogP contribution is -2.49. The van der Waals surface area contributed by atoms with Gasteiger partial charge in [0.15, 0.2) is 0 Å². The molecule has 2 rings (SSSR count). The molecule has 0 heterocycles. The van der Waals surface area contributed by atoms with Gasteiger partial charge in [-0.25, -0.2) is 13.6 Å². The summed E-state index contributed by atoms with van der Waals surface area (Å²) in [4.78, 5) is 17.3. The van der Waals surface area contributed by atoms with Crippen molar-refractivity contribution in [2.75, 3.05) is 31.5 Å². The molecule has 1 fully saturated rings. The molecular formula is C24H39F2N3O2. The van der Waals surface area contributed by atoms with Crippen molar-refractivity contribution >= 4 is 11.7 Å². The highest BCUT2D eigenvalue weighted by Gasteiger charge is 2.32. The standard InChI is InChI=1S/C24H39F2N3O2/c1-5-28(16-19(4)30)11-6-12-29(23-10-7-17(2)13-18(23)3)24(31)27-21-8-9-22(26)20(14-21)15-25/h8-9,14,17-19,23,30H,5-7,10-13,15-16H2,1-4H3,(H,27,31). The summed E-state index contributed by atoms with van der Waals surface area (Å²) in [7, 11) is 0. The molecular weight excluding hydrogens is 400 g/mol. The summed E-state index contributed by atoms with van der Waals surface area (Å²) >= 11 is 0. The molecule has 0 radical (unpaired) electrons. The van der Waals surface area contributed by atoms with E-state index in [2.05, 4.69) is 31.0 Å². The fourth-order valence-corrected chi connectivity index (χ4v) is 4.70. The minimum atomic E-state index is -0.910. The normalized spacial score (nSPS) is 22.4. The number of likely N-dealkylation sites (N-methyl/N-ethyl adjacent to an activating group) is 1. The maximum Gasteiger partial charge on any atom is 0.322 e. The molecule has 0 bridgehead atoms. The molecule has 0 aliphatic heterocycles. The molecule has 4 unspecified atom stereocenters. The molecule has 2 N–H and O–H groups in total. The second-order valence-electron chi connectivity index (χ2n) is 9.12. The van der Waals surface area contributed by atoms with E-state index in [4.69, 9.17) is 0 Å². The van der Waals surface area contributed by atoms with E-state index in [9.17, 15) is 18.7 Å². The van der Waals surface area contributed by atoms with E-state index in [0.29, 0.717) is 30.6 Å². The van der Waals surface area contributed by atoms with Crippen LogP contribution in [-0.2, 0) is 6.67 Å². The molecule has 7 heteroatoms. The maximum atomic E-state index is 13.6. The largest absolute Gasteiger partial charge is 0.392 e. The quantitative estimate of drug-likeness (QED) is 0.537. The second kappa shape index (κ2) is 12.3. The van der Waals surface area contributed by atoms with Gasteiger partial charge < -0.3 is 20.2 Å². The third-order valence-corrected chi connectivity index (χ3v) is 6.33. The van der Waals surface area contributed by atoms with Gasteiger partial charge in [0.25, 0.3) is 0 Å². The van der Waals surface area contributed by atoms with Crippen molar-refractivity contribution in [2.45, 2.75) is 72.2 Å². The number of benzene rings is 1. The molecule has 1 saturated carbocycles. The first-order chi connectivity index (χ1) is 14.7. The molecule has 2 amide bonds. The van der Waals surface area contributed by atoms with Gasteiger partial charge in [0.2, 0.25) is 0 Å². The van der Waals surface area contributed by atoms with Crippen LogP contribution >= 0.6 is 0 Å². The second-order valence-corrected chi connectivity index (χ2v) is 9.12. The Kier molecular flexibility index (Phi) is 10.2. The van der Waals surface area contributed by atoms with Gasteiger partial charge in [0.05, 0.1) is 6.10 Å². The number of nitrogens with one attached hydrogen (secondary N) is 1. The van der Waals surface area contributed by atoms with E-state index >= 15 is 0 Å². The summed E-state index contributed by atoms with van der Waals surface area (Å²) in [5, 5.41) is 12.5. The third kappa shape index (κ3) is 7.72. The van der Waals surface area contributed by atoms with Crippen molar-refractivity contribution in [2.24, 2.45) is 11.8 Å². The Morgan fingerprint density at radius 3 is 2.65 bits per heavy atom. The number of hydrogen-bond donors (Lipinski definition) is 2. The Labute approximate surface area is 185 Å². The summed E-state index contributed by atoms with van der Waals surface area (Å²) in [6.45, 7) is 10.2. The number of carbonyl (C=O) groups is 1. The lowest BCUT2D eigenvalue weighted by atomic mass is 9.79. The van der Waals surface area contributed by atoms with E-state index < -0.39 is 12.5 Å². The fraction of sp³-hybridized carbons (Fsp3) is 0.708. The van der Waals surface area contributed by atoms with Crippen LogP contribution in [0.3, 0.4) is 0 Å². The molecule has 1 aromatic rings. The number of hydrogen-bond acceptors (Lipinski definition) is 3. The first-order valence-electron chi connectivity index (χ1n) is 11.6. The number of anilines is 1. The molecule has 1 aliphatic rings.